The lowest BCUT2D eigenvalue weighted by molar-refractivity contribution is -0.286. The van der Waals surface area contributed by atoms with Gasteiger partial charge in [-0.15, -0.1) is 0 Å². The van der Waals surface area contributed by atoms with Crippen molar-refractivity contribution in [1.82, 2.24) is 0 Å². The Bertz CT molecular complexity index is 257. The minimum absolute atomic E-state index is 1.24. The minimum Gasteiger partial charge on any atom is -0.460 e. The highest BCUT2D eigenvalue weighted by molar-refractivity contribution is 5.85. The predicted octanol–water partition coefficient (Wildman–Crippen LogP) is 2.60. The number of ether oxygens (including phenoxy) is 1. The van der Waals surface area contributed by atoms with Crippen LogP contribution in [0.3, 0.4) is 0 Å². The largest absolute Gasteiger partial charge is 0.460 e. The van der Waals surface area contributed by atoms with E-state index in [1.54, 1.807) is 0 Å². The molecule has 0 N–H and O–H groups in total. The quantitative estimate of drug-likeness (QED) is 0.426. The maximum absolute atomic E-state index is 12.1. The van der Waals surface area contributed by atoms with Gasteiger partial charge in [-0.1, -0.05) is 6.58 Å². The van der Waals surface area contributed by atoms with Crippen LogP contribution in [-0.2, 0) is 9.53 Å². The molecule has 0 aliphatic rings. The fourth-order valence-electron chi connectivity index (χ4n) is 0.492. The highest BCUT2D eigenvalue weighted by Crippen LogP contribution is 2.37. The van der Waals surface area contributed by atoms with Crippen LogP contribution in [-0.4, -0.2) is 24.7 Å². The van der Waals surface area contributed by atoms with E-state index < -0.39 is 36.9 Å². The molecular weight excluding hydrogens is 230 g/mol. The van der Waals surface area contributed by atoms with Crippen LogP contribution in [0.1, 0.15) is 6.42 Å². The molecule has 0 bridgehead atoms. The van der Waals surface area contributed by atoms with Crippen molar-refractivity contribution in [3.05, 3.63) is 12.4 Å². The van der Waals surface area contributed by atoms with Crippen LogP contribution in [0.15, 0.2) is 12.4 Å². The normalized spacial score (nSPS) is 12.4. The van der Waals surface area contributed by atoms with E-state index in [2.05, 4.69) is 11.3 Å². The van der Waals surface area contributed by atoms with Crippen LogP contribution >= 0.6 is 0 Å². The lowest BCUT2D eigenvalue weighted by Gasteiger charge is -2.18. The molecular formula is C7H6F6O2. The van der Waals surface area contributed by atoms with E-state index in [4.69, 9.17) is 0 Å². The molecule has 0 fully saturated rings. The summed E-state index contributed by atoms with van der Waals surface area (Å²) in [7, 11) is 0. The molecule has 0 aliphatic carbocycles. The molecule has 0 aromatic carbocycles. The van der Waals surface area contributed by atoms with Gasteiger partial charge in [0.15, 0.2) is 0 Å². The summed E-state index contributed by atoms with van der Waals surface area (Å²) in [6.45, 7) is 1.23. The van der Waals surface area contributed by atoms with Gasteiger partial charge >= 0.3 is 18.1 Å². The van der Waals surface area contributed by atoms with Gasteiger partial charge in [0, 0.05) is 0 Å². The first-order valence-corrected chi connectivity index (χ1v) is 3.54. The van der Waals surface area contributed by atoms with E-state index in [9.17, 15) is 31.1 Å². The molecule has 88 valence electrons. The highest BCUT2D eigenvalue weighted by atomic mass is 19.4. The smallest absolute Gasteiger partial charge is 0.453 e. The first kappa shape index (κ1) is 13.8. The molecule has 0 saturated heterocycles. The number of hydrogen-bond donors (Lipinski definition) is 0. The molecule has 0 atom stereocenters. The summed E-state index contributed by atoms with van der Waals surface area (Å²) >= 11 is 0. The zero-order chi connectivity index (χ0) is 12.3. The summed E-state index contributed by atoms with van der Waals surface area (Å²) in [5.41, 5.74) is 0. The third-order valence-electron chi connectivity index (χ3n) is 1.29. The lowest BCUT2D eigenvalue weighted by Crippen LogP contribution is -2.37. The molecule has 0 radical (unpaired) electrons. The molecule has 0 heterocycles. The van der Waals surface area contributed by atoms with Gasteiger partial charge in [0.25, 0.3) is 0 Å². The summed E-state index contributed by atoms with van der Waals surface area (Å²) in [4.78, 5) is 10.3. The van der Waals surface area contributed by atoms with E-state index in [-0.39, 0.29) is 0 Å². The molecule has 15 heavy (non-hydrogen) atoms. The Morgan fingerprint density at radius 2 is 1.67 bits per heavy atom. The first-order chi connectivity index (χ1) is 6.58. The van der Waals surface area contributed by atoms with E-state index in [0.29, 0.717) is 0 Å². The number of alkyl halides is 5. The number of rotatable bonds is 4. The predicted molar refractivity (Wildman–Crippen MR) is 36.8 cm³/mol. The van der Waals surface area contributed by atoms with Gasteiger partial charge in [0.2, 0.25) is 5.83 Å². The number of carbonyl (C=O) groups excluding carboxylic acids is 1. The summed E-state index contributed by atoms with van der Waals surface area (Å²) in [6, 6.07) is 0. The molecule has 0 unspecified atom stereocenters. The van der Waals surface area contributed by atoms with Crippen molar-refractivity contribution >= 4 is 5.97 Å². The Kier molecular flexibility index (Phi) is 4.17. The molecule has 0 aromatic heterocycles. The molecule has 2 nitrogen and oxygen atoms in total. The third kappa shape index (κ3) is 4.22. The van der Waals surface area contributed by atoms with E-state index in [1.165, 1.54) is 0 Å². The van der Waals surface area contributed by atoms with Crippen LogP contribution in [0.4, 0.5) is 26.3 Å². The fourth-order valence-corrected chi connectivity index (χ4v) is 0.492. The fraction of sp³-hybridized carbons (Fsp3) is 0.571. The average Bonchev–Trinajstić information content (AvgIpc) is 2.01. The maximum Gasteiger partial charge on any atom is 0.453 e. The van der Waals surface area contributed by atoms with Crippen molar-refractivity contribution in [2.45, 2.75) is 18.5 Å². The van der Waals surface area contributed by atoms with Gasteiger partial charge in [-0.2, -0.15) is 26.3 Å². The van der Waals surface area contributed by atoms with Crippen LogP contribution in [0.25, 0.3) is 0 Å². The average molecular weight is 236 g/mol. The molecule has 8 heteroatoms. The molecule has 0 amide bonds. The Balaban J connectivity index is 4.07. The Morgan fingerprint density at radius 3 is 2.00 bits per heavy atom. The topological polar surface area (TPSA) is 26.3 Å². The Morgan fingerprint density at radius 1 is 1.20 bits per heavy atom. The number of esters is 1. The van der Waals surface area contributed by atoms with Gasteiger partial charge < -0.3 is 4.74 Å². The van der Waals surface area contributed by atoms with Crippen molar-refractivity contribution in [1.29, 1.82) is 0 Å². The number of carbonyl (C=O) groups is 1. The second kappa shape index (κ2) is 4.54. The Hall–Kier alpha value is -1.21. The van der Waals surface area contributed by atoms with Crippen molar-refractivity contribution in [3.63, 3.8) is 0 Å². The summed E-state index contributed by atoms with van der Waals surface area (Å²) < 4.78 is 74.5. The third-order valence-corrected chi connectivity index (χ3v) is 1.29. The maximum atomic E-state index is 12.1. The van der Waals surface area contributed by atoms with E-state index in [1.807, 2.05) is 0 Å². The zero-order valence-electron chi connectivity index (χ0n) is 7.21. The van der Waals surface area contributed by atoms with Crippen molar-refractivity contribution in [3.8, 4) is 0 Å². The van der Waals surface area contributed by atoms with Gasteiger partial charge in [0.05, 0.1) is 13.0 Å². The molecule has 0 aliphatic heterocycles. The van der Waals surface area contributed by atoms with Crippen molar-refractivity contribution < 1.29 is 35.9 Å². The van der Waals surface area contributed by atoms with Gasteiger partial charge in [-0.05, 0) is 0 Å². The van der Waals surface area contributed by atoms with Crippen LogP contribution in [0.2, 0.25) is 0 Å². The van der Waals surface area contributed by atoms with Gasteiger partial charge in [-0.3, -0.25) is 0 Å². The van der Waals surface area contributed by atoms with Gasteiger partial charge in [0.1, 0.15) is 0 Å². The number of hydrogen-bond acceptors (Lipinski definition) is 2. The van der Waals surface area contributed by atoms with E-state index >= 15 is 0 Å². The Labute approximate surface area is 80.5 Å². The summed E-state index contributed by atoms with van der Waals surface area (Å²) in [6.07, 6.45) is -7.47. The van der Waals surface area contributed by atoms with Crippen LogP contribution < -0.4 is 0 Å². The monoisotopic (exact) mass is 236 g/mol. The lowest BCUT2D eigenvalue weighted by atomic mass is 10.2. The standard InChI is InChI=1S/C7H6F6O2/c1-4(8)5(14)15-3-2-6(9,10)7(11,12)13/h1-3H2. The molecule has 0 aromatic rings. The van der Waals surface area contributed by atoms with Gasteiger partial charge in [-0.25, -0.2) is 4.79 Å². The second-order valence-electron chi connectivity index (χ2n) is 2.49. The minimum atomic E-state index is -5.72. The van der Waals surface area contributed by atoms with Crippen LogP contribution in [0, 0.1) is 0 Å². The molecule has 0 saturated carbocycles. The SMILES string of the molecule is C=C(F)C(=O)OCCC(F)(F)C(F)(F)F. The number of halogens is 6. The second-order valence-corrected chi connectivity index (χ2v) is 2.49. The molecule has 0 spiro atoms. The van der Waals surface area contributed by atoms with Crippen LogP contribution in [0.5, 0.6) is 0 Å². The highest BCUT2D eigenvalue weighted by Gasteiger charge is 2.56. The first-order valence-electron chi connectivity index (χ1n) is 3.54. The zero-order valence-corrected chi connectivity index (χ0v) is 7.21. The van der Waals surface area contributed by atoms with Crippen molar-refractivity contribution in [2.24, 2.45) is 0 Å². The van der Waals surface area contributed by atoms with E-state index in [0.717, 1.165) is 0 Å². The summed E-state index contributed by atoms with van der Waals surface area (Å²) in [5.74, 6) is -8.19. The van der Waals surface area contributed by atoms with Crippen molar-refractivity contribution in [2.75, 3.05) is 6.61 Å². The molecule has 0 rings (SSSR count). The summed E-state index contributed by atoms with van der Waals surface area (Å²) in [5, 5.41) is 0.